The van der Waals surface area contributed by atoms with Gasteiger partial charge in [0.05, 0.1) is 18.7 Å². The van der Waals surface area contributed by atoms with E-state index in [-0.39, 0.29) is 5.69 Å². The van der Waals surface area contributed by atoms with Crippen molar-refractivity contribution in [1.82, 2.24) is 4.98 Å². The maximum Gasteiger partial charge on any atom is 0.354 e. The van der Waals surface area contributed by atoms with Crippen molar-refractivity contribution in [3.8, 4) is 22.9 Å². The molecule has 5 heteroatoms. The number of hydrogen-bond acceptors (Lipinski definition) is 4. The molecule has 0 atom stereocenters. The van der Waals surface area contributed by atoms with Crippen LogP contribution in [-0.2, 0) is 0 Å². The molecular weight excluding hydrogens is 244 g/mol. The summed E-state index contributed by atoms with van der Waals surface area (Å²) < 4.78 is 5.22. The van der Waals surface area contributed by atoms with Crippen molar-refractivity contribution in [1.29, 1.82) is 5.26 Å². The van der Waals surface area contributed by atoms with Gasteiger partial charge in [-0.2, -0.15) is 5.26 Å². The van der Waals surface area contributed by atoms with Gasteiger partial charge in [-0.05, 0) is 24.3 Å². The minimum atomic E-state index is -1.08. The molecule has 0 aliphatic carbocycles. The third kappa shape index (κ3) is 2.53. The lowest BCUT2D eigenvalue weighted by atomic mass is 10.0. The molecule has 0 aliphatic heterocycles. The average molecular weight is 254 g/mol. The molecule has 2 aromatic rings. The van der Waals surface area contributed by atoms with Crippen LogP contribution in [0.2, 0.25) is 0 Å². The number of rotatable bonds is 3. The molecule has 19 heavy (non-hydrogen) atoms. The summed E-state index contributed by atoms with van der Waals surface area (Å²) >= 11 is 0. The Bertz CT molecular complexity index is 657. The van der Waals surface area contributed by atoms with Crippen molar-refractivity contribution >= 4 is 5.97 Å². The number of hydrogen-bond donors (Lipinski definition) is 1. The Morgan fingerprint density at radius 2 is 2.16 bits per heavy atom. The molecule has 0 radical (unpaired) electrons. The molecule has 1 N–H and O–H groups in total. The lowest BCUT2D eigenvalue weighted by Gasteiger charge is -2.08. The van der Waals surface area contributed by atoms with Crippen LogP contribution in [0, 0.1) is 11.3 Å². The van der Waals surface area contributed by atoms with E-state index in [1.807, 2.05) is 6.07 Å². The summed E-state index contributed by atoms with van der Waals surface area (Å²) in [4.78, 5) is 14.6. The number of pyridine rings is 1. The number of methoxy groups -OCH3 is 1. The molecule has 0 saturated heterocycles. The second-order valence-corrected chi connectivity index (χ2v) is 3.76. The fourth-order valence-corrected chi connectivity index (χ4v) is 1.68. The van der Waals surface area contributed by atoms with E-state index in [1.165, 1.54) is 19.4 Å². The van der Waals surface area contributed by atoms with Gasteiger partial charge in [0, 0.05) is 17.3 Å². The average Bonchev–Trinajstić information content (AvgIpc) is 2.46. The zero-order valence-corrected chi connectivity index (χ0v) is 10.1. The second kappa shape index (κ2) is 5.19. The summed E-state index contributed by atoms with van der Waals surface area (Å²) in [6, 6.07) is 10.1. The summed E-state index contributed by atoms with van der Waals surface area (Å²) in [5.74, 6) is -0.479. The van der Waals surface area contributed by atoms with E-state index in [0.29, 0.717) is 22.4 Å². The number of nitriles is 1. The molecule has 0 unspecified atom stereocenters. The van der Waals surface area contributed by atoms with Gasteiger partial charge in [0.2, 0.25) is 0 Å². The predicted octanol–water partition coefficient (Wildman–Crippen LogP) is 2.33. The molecule has 1 aromatic carbocycles. The normalized spacial score (nSPS) is 9.68. The van der Waals surface area contributed by atoms with Crippen molar-refractivity contribution in [3.05, 3.63) is 47.8 Å². The molecule has 5 nitrogen and oxygen atoms in total. The second-order valence-electron chi connectivity index (χ2n) is 3.76. The van der Waals surface area contributed by atoms with E-state index >= 15 is 0 Å². The van der Waals surface area contributed by atoms with Crippen LogP contribution in [0.15, 0.2) is 36.5 Å². The van der Waals surface area contributed by atoms with Gasteiger partial charge in [-0.1, -0.05) is 6.07 Å². The van der Waals surface area contributed by atoms with Gasteiger partial charge in [0.25, 0.3) is 0 Å². The molecule has 0 bridgehead atoms. The molecular formula is C14H10N2O3. The highest BCUT2D eigenvalue weighted by Crippen LogP contribution is 2.30. The van der Waals surface area contributed by atoms with E-state index in [9.17, 15) is 4.79 Å². The zero-order valence-electron chi connectivity index (χ0n) is 10.1. The summed E-state index contributed by atoms with van der Waals surface area (Å²) in [5, 5.41) is 17.7. The van der Waals surface area contributed by atoms with Crippen LogP contribution in [0.4, 0.5) is 0 Å². The van der Waals surface area contributed by atoms with Crippen molar-refractivity contribution < 1.29 is 14.6 Å². The number of aromatic nitrogens is 1. The van der Waals surface area contributed by atoms with Crippen LogP contribution in [0.1, 0.15) is 16.1 Å². The predicted molar refractivity (Wildman–Crippen MR) is 67.9 cm³/mol. The Kier molecular flexibility index (Phi) is 3.44. The molecule has 0 amide bonds. The fourth-order valence-electron chi connectivity index (χ4n) is 1.68. The third-order valence-electron chi connectivity index (χ3n) is 2.62. The van der Waals surface area contributed by atoms with Crippen LogP contribution >= 0.6 is 0 Å². The van der Waals surface area contributed by atoms with Crippen molar-refractivity contribution in [2.24, 2.45) is 0 Å². The molecule has 0 saturated carbocycles. The Morgan fingerprint density at radius 1 is 1.37 bits per heavy atom. The molecule has 1 aromatic heterocycles. The summed E-state index contributed by atoms with van der Waals surface area (Å²) in [6.45, 7) is 0. The largest absolute Gasteiger partial charge is 0.496 e. The first-order valence-electron chi connectivity index (χ1n) is 5.43. The summed E-state index contributed by atoms with van der Waals surface area (Å²) in [5.41, 5.74) is 1.86. The van der Waals surface area contributed by atoms with E-state index < -0.39 is 5.97 Å². The number of ether oxygens (including phenoxy) is 1. The van der Waals surface area contributed by atoms with E-state index in [1.54, 1.807) is 24.3 Å². The van der Waals surface area contributed by atoms with Gasteiger partial charge >= 0.3 is 5.97 Å². The van der Waals surface area contributed by atoms with Crippen LogP contribution in [0.5, 0.6) is 5.75 Å². The van der Waals surface area contributed by atoms with E-state index in [0.717, 1.165) is 0 Å². The first-order chi connectivity index (χ1) is 9.15. The Hall–Kier alpha value is -2.87. The maximum atomic E-state index is 10.7. The monoisotopic (exact) mass is 254 g/mol. The lowest BCUT2D eigenvalue weighted by Crippen LogP contribution is -1.99. The van der Waals surface area contributed by atoms with E-state index in [4.69, 9.17) is 15.1 Å². The number of aromatic carboxylic acids is 1. The van der Waals surface area contributed by atoms with Crippen LogP contribution < -0.4 is 4.74 Å². The third-order valence-corrected chi connectivity index (χ3v) is 2.62. The molecule has 0 aliphatic rings. The minimum Gasteiger partial charge on any atom is -0.496 e. The van der Waals surface area contributed by atoms with Crippen LogP contribution in [-0.4, -0.2) is 23.2 Å². The number of carboxylic acids is 1. The molecule has 1 heterocycles. The summed E-state index contributed by atoms with van der Waals surface area (Å²) in [7, 11) is 1.53. The highest BCUT2D eigenvalue weighted by Gasteiger charge is 2.09. The Morgan fingerprint density at radius 3 is 2.68 bits per heavy atom. The van der Waals surface area contributed by atoms with Crippen molar-refractivity contribution in [2.75, 3.05) is 7.11 Å². The SMILES string of the molecule is COc1ccc(C#N)cc1-c1ccc(C(=O)O)nc1. The van der Waals surface area contributed by atoms with Crippen LogP contribution in [0.3, 0.4) is 0 Å². The smallest absolute Gasteiger partial charge is 0.354 e. The van der Waals surface area contributed by atoms with Gasteiger partial charge in [-0.15, -0.1) is 0 Å². The van der Waals surface area contributed by atoms with Crippen molar-refractivity contribution in [3.63, 3.8) is 0 Å². The highest BCUT2D eigenvalue weighted by atomic mass is 16.5. The topological polar surface area (TPSA) is 83.2 Å². The first kappa shape index (κ1) is 12.6. The molecule has 2 rings (SSSR count). The number of carbonyl (C=O) groups is 1. The minimum absolute atomic E-state index is 0.0286. The number of carboxylic acid groups (broad SMARTS) is 1. The Labute approximate surface area is 109 Å². The Balaban J connectivity index is 2.51. The first-order valence-corrected chi connectivity index (χ1v) is 5.43. The van der Waals surface area contributed by atoms with Crippen LogP contribution in [0.25, 0.3) is 11.1 Å². The summed E-state index contributed by atoms with van der Waals surface area (Å²) in [6.07, 6.45) is 1.45. The fraction of sp³-hybridized carbons (Fsp3) is 0.0714. The van der Waals surface area contributed by atoms with Gasteiger partial charge in [0.15, 0.2) is 0 Å². The van der Waals surface area contributed by atoms with Crippen molar-refractivity contribution in [2.45, 2.75) is 0 Å². The quantitative estimate of drug-likeness (QED) is 0.908. The molecule has 0 fully saturated rings. The van der Waals surface area contributed by atoms with Gasteiger partial charge in [0.1, 0.15) is 11.4 Å². The zero-order chi connectivity index (χ0) is 13.8. The van der Waals surface area contributed by atoms with Gasteiger partial charge in [-0.3, -0.25) is 0 Å². The van der Waals surface area contributed by atoms with E-state index in [2.05, 4.69) is 4.98 Å². The standard InChI is InChI=1S/C14H10N2O3/c1-19-13-5-2-9(7-15)6-11(13)10-3-4-12(14(17)18)16-8-10/h2-6,8H,1H3,(H,17,18). The molecule has 94 valence electrons. The van der Waals surface area contributed by atoms with Gasteiger partial charge in [-0.25, -0.2) is 9.78 Å². The maximum absolute atomic E-state index is 10.7. The van der Waals surface area contributed by atoms with Gasteiger partial charge < -0.3 is 9.84 Å². The number of nitrogens with zero attached hydrogens (tertiary/aromatic N) is 2. The number of benzene rings is 1. The lowest BCUT2D eigenvalue weighted by molar-refractivity contribution is 0.0690. The molecule has 0 spiro atoms. The highest BCUT2D eigenvalue weighted by molar-refractivity contribution is 5.86.